The smallest absolute Gasteiger partial charge is 0.232 e. The number of hydrogen-bond acceptors (Lipinski definition) is 3. The molecule has 1 heterocycles. The van der Waals surface area contributed by atoms with Gasteiger partial charge in [0, 0.05) is 15.6 Å². The van der Waals surface area contributed by atoms with Gasteiger partial charge in [0.2, 0.25) is 5.88 Å². The number of allylic oxidation sites excluding steroid dienone is 1. The molecule has 3 aromatic rings. The van der Waals surface area contributed by atoms with E-state index in [1.807, 2.05) is 55.5 Å². The Hall–Kier alpha value is -2.80. The number of rotatable bonds is 4. The van der Waals surface area contributed by atoms with Crippen molar-refractivity contribution in [2.45, 2.75) is 19.8 Å². The minimum absolute atomic E-state index is 0.364. The fraction of sp³-hybridized carbons (Fsp3) is 0.167. The summed E-state index contributed by atoms with van der Waals surface area (Å²) in [5.41, 5.74) is 6.28. The van der Waals surface area contributed by atoms with Crippen molar-refractivity contribution in [1.82, 2.24) is 4.98 Å². The van der Waals surface area contributed by atoms with Crippen LogP contribution in [0.4, 0.5) is 0 Å². The summed E-state index contributed by atoms with van der Waals surface area (Å²) in [7, 11) is 0. The van der Waals surface area contributed by atoms with Crippen LogP contribution >= 0.6 is 23.2 Å². The van der Waals surface area contributed by atoms with Gasteiger partial charge in [-0.25, -0.2) is 4.98 Å². The van der Waals surface area contributed by atoms with Crippen LogP contribution in [0.3, 0.4) is 0 Å². The maximum Gasteiger partial charge on any atom is 0.232 e. The predicted octanol–water partition coefficient (Wildman–Crippen LogP) is 6.81. The molecule has 2 aromatic carbocycles. The lowest BCUT2D eigenvalue weighted by Crippen LogP contribution is -2.04. The Morgan fingerprint density at radius 1 is 1.10 bits per heavy atom. The fourth-order valence-corrected chi connectivity index (χ4v) is 4.12. The number of benzene rings is 2. The van der Waals surface area contributed by atoms with Crippen LogP contribution in [-0.4, -0.2) is 11.6 Å². The van der Waals surface area contributed by atoms with Gasteiger partial charge in [0.05, 0.1) is 12.3 Å². The SMILES string of the molecule is CCOc1nc2c(c(-c3cccc(Cl)c3)c1C#N)CC/C2=C\c1cccc(Cl)c1. The van der Waals surface area contributed by atoms with Crippen molar-refractivity contribution in [2.75, 3.05) is 6.61 Å². The van der Waals surface area contributed by atoms with Gasteiger partial charge < -0.3 is 4.74 Å². The van der Waals surface area contributed by atoms with E-state index in [0.717, 1.165) is 46.4 Å². The summed E-state index contributed by atoms with van der Waals surface area (Å²) < 4.78 is 5.75. The second-order valence-corrected chi connectivity index (χ2v) is 7.65. The highest BCUT2D eigenvalue weighted by Crippen LogP contribution is 2.43. The van der Waals surface area contributed by atoms with Crippen molar-refractivity contribution in [3.8, 4) is 23.1 Å². The second-order valence-electron chi connectivity index (χ2n) is 6.77. The molecule has 0 fully saturated rings. The monoisotopic (exact) mass is 420 g/mol. The third-order valence-corrected chi connectivity index (χ3v) is 5.38. The topological polar surface area (TPSA) is 45.9 Å². The van der Waals surface area contributed by atoms with E-state index in [-0.39, 0.29) is 0 Å². The van der Waals surface area contributed by atoms with Crippen LogP contribution in [0.5, 0.6) is 5.88 Å². The number of hydrogen-bond donors (Lipinski definition) is 0. The number of ether oxygens (including phenoxy) is 1. The molecule has 0 saturated carbocycles. The molecule has 0 atom stereocenters. The number of nitriles is 1. The molecule has 0 amide bonds. The lowest BCUT2D eigenvalue weighted by Gasteiger charge is -2.15. The Kier molecular flexibility index (Phi) is 5.58. The van der Waals surface area contributed by atoms with E-state index in [9.17, 15) is 5.26 Å². The molecule has 0 radical (unpaired) electrons. The summed E-state index contributed by atoms with van der Waals surface area (Å²) in [5.74, 6) is 0.364. The van der Waals surface area contributed by atoms with Crippen LogP contribution in [0.25, 0.3) is 22.8 Å². The van der Waals surface area contributed by atoms with Gasteiger partial charge in [-0.1, -0.05) is 47.5 Å². The van der Waals surface area contributed by atoms with E-state index in [1.165, 1.54) is 0 Å². The molecule has 4 rings (SSSR count). The van der Waals surface area contributed by atoms with Crippen molar-refractivity contribution in [3.63, 3.8) is 0 Å². The maximum atomic E-state index is 9.89. The van der Waals surface area contributed by atoms with E-state index in [2.05, 4.69) is 12.1 Å². The molecule has 0 N–H and O–H groups in total. The highest BCUT2D eigenvalue weighted by Gasteiger charge is 2.27. The summed E-state index contributed by atoms with van der Waals surface area (Å²) in [6.07, 6.45) is 3.74. The second kappa shape index (κ2) is 8.29. The molecule has 1 aromatic heterocycles. The summed E-state index contributed by atoms with van der Waals surface area (Å²) in [5, 5.41) is 11.2. The summed E-state index contributed by atoms with van der Waals surface area (Å²) >= 11 is 12.4. The Morgan fingerprint density at radius 3 is 2.55 bits per heavy atom. The summed E-state index contributed by atoms with van der Waals surface area (Å²) in [6.45, 7) is 2.32. The van der Waals surface area contributed by atoms with Crippen LogP contribution in [-0.2, 0) is 6.42 Å². The van der Waals surface area contributed by atoms with Crippen molar-refractivity contribution < 1.29 is 4.74 Å². The molecule has 0 unspecified atom stereocenters. The van der Waals surface area contributed by atoms with Gasteiger partial charge >= 0.3 is 0 Å². The number of fused-ring (bicyclic) bond motifs is 1. The standard InChI is InChI=1S/C24H18Cl2N2O/c1-2-29-24-21(14-27)22(16-6-4-8-19(26)13-16)20-10-9-17(23(20)28-24)11-15-5-3-7-18(25)12-15/h3-8,11-13H,2,9-10H2,1H3/b17-11+. The number of pyridine rings is 1. The Labute approximate surface area is 180 Å². The van der Waals surface area contributed by atoms with E-state index in [0.29, 0.717) is 28.1 Å². The molecule has 29 heavy (non-hydrogen) atoms. The van der Waals surface area contributed by atoms with E-state index in [4.69, 9.17) is 32.9 Å². The number of halogens is 2. The maximum absolute atomic E-state index is 9.89. The van der Waals surface area contributed by atoms with Gasteiger partial charge in [-0.15, -0.1) is 0 Å². The lowest BCUT2D eigenvalue weighted by molar-refractivity contribution is 0.325. The molecule has 0 spiro atoms. The summed E-state index contributed by atoms with van der Waals surface area (Å²) in [6, 6.07) is 17.6. The van der Waals surface area contributed by atoms with Gasteiger partial charge in [-0.05, 0) is 72.4 Å². The van der Waals surface area contributed by atoms with Crippen LogP contribution in [0.15, 0.2) is 48.5 Å². The van der Waals surface area contributed by atoms with Crippen LogP contribution in [0.2, 0.25) is 10.0 Å². The van der Waals surface area contributed by atoms with Gasteiger partial charge in [-0.2, -0.15) is 5.26 Å². The third kappa shape index (κ3) is 3.87. The van der Waals surface area contributed by atoms with Crippen molar-refractivity contribution >= 4 is 34.9 Å². The third-order valence-electron chi connectivity index (χ3n) is 4.91. The first-order valence-corrected chi connectivity index (χ1v) is 10.2. The van der Waals surface area contributed by atoms with Crippen molar-refractivity contribution in [1.29, 1.82) is 5.26 Å². The molecule has 0 saturated heterocycles. The largest absolute Gasteiger partial charge is 0.477 e. The Morgan fingerprint density at radius 2 is 1.86 bits per heavy atom. The molecule has 3 nitrogen and oxygen atoms in total. The fourth-order valence-electron chi connectivity index (χ4n) is 3.73. The van der Waals surface area contributed by atoms with Gasteiger partial charge in [0.15, 0.2) is 0 Å². The summed E-state index contributed by atoms with van der Waals surface area (Å²) in [4.78, 5) is 4.74. The number of aromatic nitrogens is 1. The molecule has 5 heteroatoms. The van der Waals surface area contributed by atoms with Crippen LogP contribution < -0.4 is 4.74 Å². The lowest BCUT2D eigenvalue weighted by atomic mass is 9.95. The van der Waals surface area contributed by atoms with E-state index in [1.54, 1.807) is 0 Å². The van der Waals surface area contributed by atoms with Crippen molar-refractivity contribution in [3.05, 3.63) is 81.0 Å². The zero-order chi connectivity index (χ0) is 20.4. The average Bonchev–Trinajstić information content (AvgIpc) is 3.09. The molecule has 0 aliphatic heterocycles. The molecular formula is C24H18Cl2N2O. The average molecular weight is 421 g/mol. The normalized spacial score (nSPS) is 13.9. The van der Waals surface area contributed by atoms with E-state index < -0.39 is 0 Å². The predicted molar refractivity (Wildman–Crippen MR) is 118 cm³/mol. The first kappa shape index (κ1) is 19.5. The first-order valence-electron chi connectivity index (χ1n) is 9.43. The Balaban J connectivity index is 1.95. The molecular weight excluding hydrogens is 403 g/mol. The molecule has 0 bridgehead atoms. The molecule has 1 aliphatic rings. The van der Waals surface area contributed by atoms with Crippen LogP contribution in [0.1, 0.15) is 35.7 Å². The van der Waals surface area contributed by atoms with Gasteiger partial charge in [0.25, 0.3) is 0 Å². The van der Waals surface area contributed by atoms with Gasteiger partial charge in [0.1, 0.15) is 11.6 Å². The number of nitrogens with zero attached hydrogens (tertiary/aromatic N) is 2. The first-order chi connectivity index (χ1) is 14.1. The highest BCUT2D eigenvalue weighted by atomic mass is 35.5. The minimum atomic E-state index is 0.364. The minimum Gasteiger partial charge on any atom is -0.477 e. The zero-order valence-corrected chi connectivity index (χ0v) is 17.4. The Bertz CT molecular complexity index is 1160. The van der Waals surface area contributed by atoms with Crippen LogP contribution in [0, 0.1) is 11.3 Å². The molecule has 1 aliphatic carbocycles. The zero-order valence-electron chi connectivity index (χ0n) is 15.9. The molecule has 144 valence electrons. The van der Waals surface area contributed by atoms with E-state index >= 15 is 0 Å². The van der Waals surface area contributed by atoms with Crippen molar-refractivity contribution in [2.24, 2.45) is 0 Å². The highest BCUT2D eigenvalue weighted by molar-refractivity contribution is 6.31. The quantitative estimate of drug-likeness (QED) is 0.465. The van der Waals surface area contributed by atoms with Gasteiger partial charge in [-0.3, -0.25) is 0 Å².